The fraction of sp³-hybridized carbons (Fsp3) is 1.00. The van der Waals surface area contributed by atoms with Crippen molar-refractivity contribution < 1.29 is 12.6 Å². The van der Waals surface area contributed by atoms with Crippen molar-refractivity contribution in [3.8, 4) is 0 Å². The van der Waals surface area contributed by atoms with E-state index >= 15 is 0 Å². The van der Waals surface area contributed by atoms with E-state index in [2.05, 4.69) is 0 Å². The minimum Gasteiger partial charge on any atom is -0.270 e. The molecule has 0 N–H and O–H groups in total. The summed E-state index contributed by atoms with van der Waals surface area (Å²) < 4.78 is 26.4. The first kappa shape index (κ1) is 9.46. The third-order valence-corrected chi connectivity index (χ3v) is 3.94. The summed E-state index contributed by atoms with van der Waals surface area (Å²) in [6.45, 7) is 0.417. The standard InChI is InChI=1S/C9H16O3S/c1-13(10,11)12-6-9-5-7-2-3-8(9)4-7/h7-9H,2-6H2,1H3/t7-,8-,9+/m0/s1. The van der Waals surface area contributed by atoms with E-state index in [1.165, 1.54) is 25.7 Å². The fourth-order valence-corrected chi connectivity index (χ4v) is 3.21. The van der Waals surface area contributed by atoms with Gasteiger partial charge in [0.15, 0.2) is 0 Å². The summed E-state index contributed by atoms with van der Waals surface area (Å²) >= 11 is 0. The predicted octanol–water partition coefficient (Wildman–Crippen LogP) is 1.40. The average Bonchev–Trinajstić information content (AvgIpc) is 2.58. The monoisotopic (exact) mass is 204 g/mol. The van der Waals surface area contributed by atoms with Crippen molar-refractivity contribution in [3.05, 3.63) is 0 Å². The van der Waals surface area contributed by atoms with Gasteiger partial charge in [-0.15, -0.1) is 0 Å². The lowest BCUT2D eigenvalue weighted by molar-refractivity contribution is 0.201. The van der Waals surface area contributed by atoms with Gasteiger partial charge in [0.1, 0.15) is 0 Å². The van der Waals surface area contributed by atoms with E-state index in [9.17, 15) is 8.42 Å². The highest BCUT2D eigenvalue weighted by Crippen LogP contribution is 2.48. The molecule has 76 valence electrons. The van der Waals surface area contributed by atoms with Gasteiger partial charge in [-0.25, -0.2) is 0 Å². The molecule has 0 saturated heterocycles. The van der Waals surface area contributed by atoms with E-state index in [4.69, 9.17) is 4.18 Å². The Balaban J connectivity index is 1.84. The van der Waals surface area contributed by atoms with Crippen LogP contribution in [-0.2, 0) is 14.3 Å². The second-order valence-electron chi connectivity index (χ2n) is 4.42. The summed E-state index contributed by atoms with van der Waals surface area (Å²) in [5, 5.41) is 0. The van der Waals surface area contributed by atoms with E-state index in [0.717, 1.165) is 18.1 Å². The summed E-state index contributed by atoms with van der Waals surface area (Å²) in [4.78, 5) is 0. The molecule has 0 amide bonds. The maximum atomic E-state index is 10.8. The maximum absolute atomic E-state index is 10.8. The van der Waals surface area contributed by atoms with Crippen molar-refractivity contribution in [2.24, 2.45) is 17.8 Å². The van der Waals surface area contributed by atoms with Crippen LogP contribution in [0, 0.1) is 17.8 Å². The topological polar surface area (TPSA) is 43.4 Å². The Hall–Kier alpha value is -0.0900. The van der Waals surface area contributed by atoms with Crippen LogP contribution >= 0.6 is 0 Å². The molecule has 2 saturated carbocycles. The van der Waals surface area contributed by atoms with Gasteiger partial charge in [0.25, 0.3) is 10.1 Å². The molecule has 0 unspecified atom stereocenters. The molecule has 0 radical (unpaired) electrons. The molecule has 0 heterocycles. The zero-order valence-corrected chi connectivity index (χ0v) is 8.72. The summed E-state index contributed by atoms with van der Waals surface area (Å²) in [6.07, 6.45) is 6.24. The van der Waals surface area contributed by atoms with Crippen LogP contribution in [0.25, 0.3) is 0 Å². The van der Waals surface area contributed by atoms with Crippen molar-refractivity contribution in [2.75, 3.05) is 12.9 Å². The highest BCUT2D eigenvalue weighted by molar-refractivity contribution is 7.85. The Morgan fingerprint density at radius 1 is 1.31 bits per heavy atom. The second-order valence-corrected chi connectivity index (χ2v) is 6.07. The normalized spacial score (nSPS) is 38.4. The molecule has 2 bridgehead atoms. The van der Waals surface area contributed by atoms with Crippen LogP contribution < -0.4 is 0 Å². The molecular formula is C9H16O3S. The van der Waals surface area contributed by atoms with Crippen molar-refractivity contribution in [2.45, 2.75) is 25.7 Å². The van der Waals surface area contributed by atoms with Crippen molar-refractivity contribution in [1.82, 2.24) is 0 Å². The van der Waals surface area contributed by atoms with Crippen LogP contribution in [0.4, 0.5) is 0 Å². The summed E-state index contributed by atoms with van der Waals surface area (Å²) in [7, 11) is -3.23. The van der Waals surface area contributed by atoms with E-state index in [1.54, 1.807) is 0 Å². The molecule has 2 fully saturated rings. The third kappa shape index (κ3) is 2.23. The molecule has 0 aromatic heterocycles. The van der Waals surface area contributed by atoms with Gasteiger partial charge in [-0.05, 0) is 37.0 Å². The highest BCUT2D eigenvalue weighted by atomic mass is 32.2. The highest BCUT2D eigenvalue weighted by Gasteiger charge is 2.39. The van der Waals surface area contributed by atoms with Crippen LogP contribution in [0.1, 0.15) is 25.7 Å². The molecule has 2 rings (SSSR count). The summed E-state index contributed by atoms with van der Waals surface area (Å²) in [6, 6.07) is 0. The molecule has 0 spiro atoms. The lowest BCUT2D eigenvalue weighted by Gasteiger charge is -2.20. The minimum absolute atomic E-state index is 0.417. The van der Waals surface area contributed by atoms with Crippen molar-refractivity contribution >= 4 is 10.1 Å². The lowest BCUT2D eigenvalue weighted by Crippen LogP contribution is -2.18. The Kier molecular flexibility index (Phi) is 2.36. The van der Waals surface area contributed by atoms with Gasteiger partial charge in [0, 0.05) is 0 Å². The molecule has 0 aromatic rings. The van der Waals surface area contributed by atoms with E-state index in [-0.39, 0.29) is 0 Å². The van der Waals surface area contributed by atoms with Crippen molar-refractivity contribution in [1.29, 1.82) is 0 Å². The van der Waals surface area contributed by atoms with Gasteiger partial charge in [-0.1, -0.05) is 6.42 Å². The smallest absolute Gasteiger partial charge is 0.264 e. The molecule has 13 heavy (non-hydrogen) atoms. The molecular weight excluding hydrogens is 188 g/mol. The molecule has 4 heteroatoms. The zero-order valence-electron chi connectivity index (χ0n) is 7.90. The van der Waals surface area contributed by atoms with E-state index in [1.807, 2.05) is 0 Å². The summed E-state index contributed by atoms with van der Waals surface area (Å²) in [5.74, 6) is 2.11. The van der Waals surface area contributed by atoms with Gasteiger partial charge in [-0.3, -0.25) is 4.18 Å². The fourth-order valence-electron chi connectivity index (χ4n) is 2.79. The minimum atomic E-state index is -3.23. The predicted molar refractivity (Wildman–Crippen MR) is 49.7 cm³/mol. The molecule has 2 aliphatic rings. The molecule has 2 aliphatic carbocycles. The van der Waals surface area contributed by atoms with Crippen LogP contribution in [0.15, 0.2) is 0 Å². The lowest BCUT2D eigenvalue weighted by atomic mass is 9.90. The number of hydrogen-bond donors (Lipinski definition) is 0. The first-order valence-electron chi connectivity index (χ1n) is 4.89. The quantitative estimate of drug-likeness (QED) is 0.653. The average molecular weight is 204 g/mol. The van der Waals surface area contributed by atoms with Crippen LogP contribution in [0.3, 0.4) is 0 Å². The second kappa shape index (κ2) is 3.24. The number of fused-ring (bicyclic) bond motifs is 2. The van der Waals surface area contributed by atoms with Crippen LogP contribution in [0.5, 0.6) is 0 Å². The first-order valence-corrected chi connectivity index (χ1v) is 6.70. The Bertz CT molecular complexity index is 283. The van der Waals surface area contributed by atoms with Gasteiger partial charge < -0.3 is 0 Å². The largest absolute Gasteiger partial charge is 0.270 e. The van der Waals surface area contributed by atoms with Gasteiger partial charge >= 0.3 is 0 Å². The third-order valence-electron chi connectivity index (χ3n) is 3.38. The molecule has 0 aromatic carbocycles. The van der Waals surface area contributed by atoms with Crippen LogP contribution in [-0.4, -0.2) is 21.3 Å². The van der Waals surface area contributed by atoms with Gasteiger partial charge in [0.2, 0.25) is 0 Å². The Labute approximate surface area is 79.6 Å². The van der Waals surface area contributed by atoms with Crippen LogP contribution in [0.2, 0.25) is 0 Å². The van der Waals surface area contributed by atoms with E-state index in [0.29, 0.717) is 12.5 Å². The first-order chi connectivity index (χ1) is 6.04. The Morgan fingerprint density at radius 3 is 2.54 bits per heavy atom. The molecule has 3 nitrogen and oxygen atoms in total. The van der Waals surface area contributed by atoms with Gasteiger partial charge in [0.05, 0.1) is 12.9 Å². The molecule has 3 atom stereocenters. The molecule has 0 aliphatic heterocycles. The van der Waals surface area contributed by atoms with Crippen molar-refractivity contribution in [3.63, 3.8) is 0 Å². The maximum Gasteiger partial charge on any atom is 0.264 e. The zero-order chi connectivity index (χ0) is 9.47. The Morgan fingerprint density at radius 2 is 2.08 bits per heavy atom. The van der Waals surface area contributed by atoms with E-state index < -0.39 is 10.1 Å². The van der Waals surface area contributed by atoms with Gasteiger partial charge in [-0.2, -0.15) is 8.42 Å². The summed E-state index contributed by atoms with van der Waals surface area (Å²) in [5.41, 5.74) is 0. The SMILES string of the molecule is CS(=O)(=O)OC[C@H]1C[C@H]2CC[C@H]1C2. The number of rotatable bonds is 3. The number of hydrogen-bond acceptors (Lipinski definition) is 3.